The number of halogens is 1. The molecule has 0 saturated heterocycles. The first kappa shape index (κ1) is 11.4. The Labute approximate surface area is 103 Å². The molecule has 0 unspecified atom stereocenters. The first-order valence-corrected chi connectivity index (χ1v) is 6.58. The number of nitrogens with zero attached hydrogens (tertiary/aromatic N) is 1. The number of unbranched alkanes of at least 4 members (excludes halogenated alkanes) is 1. The zero-order chi connectivity index (χ0) is 11.4. The minimum atomic E-state index is 0.796. The molecule has 0 saturated carbocycles. The van der Waals surface area contributed by atoms with Crippen LogP contribution in [0.3, 0.4) is 0 Å². The third-order valence-electron chi connectivity index (χ3n) is 2.74. The summed E-state index contributed by atoms with van der Waals surface area (Å²) in [5.41, 5.74) is 0.796. The zero-order valence-corrected chi connectivity index (χ0v) is 10.6. The van der Waals surface area contributed by atoms with Crippen LogP contribution >= 0.6 is 15.9 Å². The van der Waals surface area contributed by atoms with E-state index in [0.29, 0.717) is 0 Å². The molecular weight excluding hydrogens is 266 g/mol. The van der Waals surface area contributed by atoms with Crippen molar-refractivity contribution < 1.29 is 4.79 Å². The standard InChI is InChI=1S/C13H14BrNO/c14-7-3-4-8-15-9-11-5-1-2-6-12(11)13(15)10-16/h1-2,5-6,9-10H,3-4,7-8H2. The Morgan fingerprint density at radius 3 is 2.81 bits per heavy atom. The molecular formula is C13H14BrNO. The van der Waals surface area contributed by atoms with Gasteiger partial charge in [-0.25, -0.2) is 0 Å². The highest BCUT2D eigenvalue weighted by atomic mass is 79.9. The second kappa shape index (κ2) is 5.30. The summed E-state index contributed by atoms with van der Waals surface area (Å²) in [6.45, 7) is 0.911. The number of aldehydes is 1. The second-order valence-corrected chi connectivity index (χ2v) is 4.60. The van der Waals surface area contributed by atoms with Gasteiger partial charge in [0.25, 0.3) is 0 Å². The molecule has 0 spiro atoms. The molecule has 84 valence electrons. The lowest BCUT2D eigenvalue weighted by Gasteiger charge is -2.03. The molecule has 0 amide bonds. The van der Waals surface area contributed by atoms with Crippen molar-refractivity contribution in [1.29, 1.82) is 0 Å². The average molecular weight is 280 g/mol. The van der Waals surface area contributed by atoms with Crippen LogP contribution in [0.1, 0.15) is 23.3 Å². The maximum Gasteiger partial charge on any atom is 0.167 e. The third kappa shape index (κ3) is 2.19. The van der Waals surface area contributed by atoms with Crippen LogP contribution in [-0.4, -0.2) is 16.2 Å². The summed E-state index contributed by atoms with van der Waals surface area (Å²) in [6, 6.07) is 8.02. The molecule has 0 atom stereocenters. The Balaban J connectivity index is 2.33. The van der Waals surface area contributed by atoms with Crippen molar-refractivity contribution in [1.82, 2.24) is 4.57 Å². The van der Waals surface area contributed by atoms with Crippen LogP contribution in [0.25, 0.3) is 10.8 Å². The SMILES string of the molecule is O=Cc1c2ccccc2cn1CCCCBr. The summed E-state index contributed by atoms with van der Waals surface area (Å²) in [7, 11) is 0. The molecule has 0 radical (unpaired) electrons. The third-order valence-corrected chi connectivity index (χ3v) is 3.30. The van der Waals surface area contributed by atoms with Gasteiger partial charge in [0.1, 0.15) is 0 Å². The minimum Gasteiger partial charge on any atom is -0.344 e. The highest BCUT2D eigenvalue weighted by molar-refractivity contribution is 9.09. The van der Waals surface area contributed by atoms with E-state index >= 15 is 0 Å². The predicted octanol–water partition coefficient (Wildman–Crippen LogP) is 3.63. The van der Waals surface area contributed by atoms with Crippen LogP contribution in [0.2, 0.25) is 0 Å². The molecule has 1 aromatic carbocycles. The summed E-state index contributed by atoms with van der Waals surface area (Å²) in [6.07, 6.45) is 5.24. The predicted molar refractivity (Wildman–Crippen MR) is 70.4 cm³/mol. The van der Waals surface area contributed by atoms with Gasteiger partial charge in [-0.3, -0.25) is 4.79 Å². The number of carbonyl (C=O) groups excluding carboxylic acids is 1. The van der Waals surface area contributed by atoms with Gasteiger partial charge in [-0.2, -0.15) is 0 Å². The summed E-state index contributed by atoms with van der Waals surface area (Å²) in [5, 5.41) is 3.21. The van der Waals surface area contributed by atoms with E-state index < -0.39 is 0 Å². The number of hydrogen-bond acceptors (Lipinski definition) is 1. The molecule has 1 heterocycles. The summed E-state index contributed by atoms with van der Waals surface area (Å²) in [4.78, 5) is 11.1. The topological polar surface area (TPSA) is 22.0 Å². The van der Waals surface area contributed by atoms with Gasteiger partial charge >= 0.3 is 0 Å². The minimum absolute atomic E-state index is 0.796. The van der Waals surface area contributed by atoms with E-state index in [-0.39, 0.29) is 0 Å². The van der Waals surface area contributed by atoms with Crippen LogP contribution in [0.4, 0.5) is 0 Å². The molecule has 0 aliphatic rings. The molecule has 2 nitrogen and oxygen atoms in total. The number of hydrogen-bond donors (Lipinski definition) is 0. The summed E-state index contributed by atoms with van der Waals surface area (Å²) in [5.74, 6) is 0. The zero-order valence-electron chi connectivity index (χ0n) is 9.03. The monoisotopic (exact) mass is 279 g/mol. The Morgan fingerprint density at radius 2 is 2.06 bits per heavy atom. The Morgan fingerprint density at radius 1 is 1.25 bits per heavy atom. The average Bonchev–Trinajstić information content (AvgIpc) is 2.67. The van der Waals surface area contributed by atoms with Crippen molar-refractivity contribution >= 4 is 33.0 Å². The van der Waals surface area contributed by atoms with Gasteiger partial charge < -0.3 is 4.57 Å². The lowest BCUT2D eigenvalue weighted by Crippen LogP contribution is -2.01. The molecule has 0 aliphatic heterocycles. The number of alkyl halides is 1. The van der Waals surface area contributed by atoms with Crippen molar-refractivity contribution in [2.75, 3.05) is 5.33 Å². The fraction of sp³-hybridized carbons (Fsp3) is 0.308. The Kier molecular flexibility index (Phi) is 3.78. The van der Waals surface area contributed by atoms with E-state index in [2.05, 4.69) is 26.7 Å². The van der Waals surface area contributed by atoms with Crippen molar-refractivity contribution in [2.45, 2.75) is 19.4 Å². The summed E-state index contributed by atoms with van der Waals surface area (Å²) < 4.78 is 2.06. The van der Waals surface area contributed by atoms with Gasteiger partial charge in [0.15, 0.2) is 6.29 Å². The van der Waals surface area contributed by atoms with E-state index in [1.165, 1.54) is 0 Å². The second-order valence-electron chi connectivity index (χ2n) is 3.81. The number of benzene rings is 1. The normalized spacial score (nSPS) is 10.8. The van der Waals surface area contributed by atoms with E-state index in [1.54, 1.807) is 0 Å². The van der Waals surface area contributed by atoms with E-state index in [1.807, 2.05) is 24.3 Å². The number of carbonyl (C=O) groups is 1. The highest BCUT2D eigenvalue weighted by Crippen LogP contribution is 2.20. The van der Waals surface area contributed by atoms with Gasteiger partial charge in [-0.1, -0.05) is 40.2 Å². The summed E-state index contributed by atoms with van der Waals surface area (Å²) >= 11 is 3.41. The number of rotatable bonds is 5. The van der Waals surface area contributed by atoms with Crippen molar-refractivity contribution in [3.63, 3.8) is 0 Å². The molecule has 0 aliphatic carbocycles. The largest absolute Gasteiger partial charge is 0.344 e. The molecule has 3 heteroatoms. The van der Waals surface area contributed by atoms with Crippen LogP contribution in [-0.2, 0) is 6.54 Å². The molecule has 0 fully saturated rings. The van der Waals surface area contributed by atoms with Crippen LogP contribution in [0.15, 0.2) is 30.5 Å². The number of fused-ring (bicyclic) bond motifs is 1. The molecule has 0 bridgehead atoms. The molecule has 1 aromatic heterocycles. The first-order valence-electron chi connectivity index (χ1n) is 5.46. The van der Waals surface area contributed by atoms with Gasteiger partial charge in [0, 0.05) is 28.8 Å². The van der Waals surface area contributed by atoms with Crippen molar-refractivity contribution in [2.24, 2.45) is 0 Å². The van der Waals surface area contributed by atoms with E-state index in [9.17, 15) is 4.79 Å². The van der Waals surface area contributed by atoms with Crippen LogP contribution < -0.4 is 0 Å². The Bertz CT molecular complexity index is 490. The van der Waals surface area contributed by atoms with Crippen LogP contribution in [0, 0.1) is 0 Å². The van der Waals surface area contributed by atoms with Crippen LogP contribution in [0.5, 0.6) is 0 Å². The maximum atomic E-state index is 11.1. The fourth-order valence-corrected chi connectivity index (χ4v) is 2.32. The van der Waals surface area contributed by atoms with Gasteiger partial charge in [-0.15, -0.1) is 0 Å². The lowest BCUT2D eigenvalue weighted by molar-refractivity contribution is 0.111. The number of aromatic nitrogens is 1. The highest BCUT2D eigenvalue weighted by Gasteiger charge is 2.06. The maximum absolute atomic E-state index is 11.1. The molecule has 2 rings (SSSR count). The molecule has 0 N–H and O–H groups in total. The van der Waals surface area contributed by atoms with Crippen molar-refractivity contribution in [3.05, 3.63) is 36.2 Å². The molecule has 16 heavy (non-hydrogen) atoms. The fourth-order valence-electron chi connectivity index (χ4n) is 1.93. The lowest BCUT2D eigenvalue weighted by atomic mass is 10.2. The van der Waals surface area contributed by atoms with E-state index in [4.69, 9.17) is 0 Å². The van der Waals surface area contributed by atoms with E-state index in [0.717, 1.165) is 47.5 Å². The quantitative estimate of drug-likeness (QED) is 0.465. The van der Waals surface area contributed by atoms with Gasteiger partial charge in [-0.05, 0) is 12.8 Å². The first-order chi connectivity index (χ1) is 7.86. The van der Waals surface area contributed by atoms with Gasteiger partial charge in [0.2, 0.25) is 0 Å². The Hall–Kier alpha value is -1.09. The van der Waals surface area contributed by atoms with Gasteiger partial charge in [0.05, 0.1) is 5.69 Å². The smallest absolute Gasteiger partial charge is 0.167 e. The van der Waals surface area contributed by atoms with Crippen molar-refractivity contribution in [3.8, 4) is 0 Å². The number of aryl methyl sites for hydroxylation is 1. The molecule has 2 aromatic rings.